The standard InChI is InChI=1S/C23H21N3O2S/c1-14-9-10-17(11-15(14)2)19-12-29-22-20(19)23(28)26(13-24-22)16(3)21(27)25-18-7-5-4-6-8-18/h4-13,16H,1-3H3,(H,25,27)/t16-/m1/s1. The van der Waals surface area contributed by atoms with Crippen molar-refractivity contribution in [1.29, 1.82) is 0 Å². The molecule has 4 aromatic rings. The van der Waals surface area contributed by atoms with E-state index in [9.17, 15) is 9.59 Å². The number of nitrogens with zero attached hydrogens (tertiary/aromatic N) is 2. The molecule has 4 rings (SSSR count). The molecule has 2 aromatic carbocycles. The van der Waals surface area contributed by atoms with E-state index < -0.39 is 6.04 Å². The Labute approximate surface area is 172 Å². The van der Waals surface area contributed by atoms with Gasteiger partial charge in [0.15, 0.2) is 0 Å². The van der Waals surface area contributed by atoms with Gasteiger partial charge in [-0.25, -0.2) is 4.98 Å². The second-order valence-electron chi connectivity index (χ2n) is 7.12. The second kappa shape index (κ2) is 7.64. The van der Waals surface area contributed by atoms with E-state index in [1.165, 1.54) is 33.4 Å². The molecule has 0 saturated carbocycles. The fraction of sp³-hybridized carbons (Fsp3) is 0.174. The number of thiophene rings is 1. The van der Waals surface area contributed by atoms with Gasteiger partial charge in [-0.3, -0.25) is 14.2 Å². The van der Waals surface area contributed by atoms with Gasteiger partial charge in [0.05, 0.1) is 11.7 Å². The van der Waals surface area contributed by atoms with Crippen LogP contribution in [0.2, 0.25) is 0 Å². The van der Waals surface area contributed by atoms with Crippen molar-refractivity contribution in [2.45, 2.75) is 26.8 Å². The van der Waals surface area contributed by atoms with Crippen LogP contribution in [-0.4, -0.2) is 15.5 Å². The summed E-state index contributed by atoms with van der Waals surface area (Å²) in [6.45, 7) is 5.82. The summed E-state index contributed by atoms with van der Waals surface area (Å²) in [5.41, 5.74) is 4.70. The SMILES string of the molecule is Cc1ccc(-c2csc3ncn([C@H](C)C(=O)Nc4ccccc4)c(=O)c23)cc1C. The highest BCUT2D eigenvalue weighted by molar-refractivity contribution is 7.17. The molecular weight excluding hydrogens is 382 g/mol. The van der Waals surface area contributed by atoms with Crippen LogP contribution >= 0.6 is 11.3 Å². The number of aryl methyl sites for hydroxylation is 2. The molecule has 6 heteroatoms. The summed E-state index contributed by atoms with van der Waals surface area (Å²) in [4.78, 5) is 31.1. The number of para-hydroxylation sites is 1. The quantitative estimate of drug-likeness (QED) is 0.525. The van der Waals surface area contributed by atoms with Crippen LogP contribution < -0.4 is 10.9 Å². The summed E-state index contributed by atoms with van der Waals surface area (Å²) in [6, 6.07) is 14.7. The van der Waals surface area contributed by atoms with Crippen molar-refractivity contribution in [3.05, 3.63) is 81.7 Å². The summed E-state index contributed by atoms with van der Waals surface area (Å²) in [5, 5.41) is 5.36. The Bertz CT molecular complexity index is 1260. The summed E-state index contributed by atoms with van der Waals surface area (Å²) < 4.78 is 1.40. The number of benzene rings is 2. The van der Waals surface area contributed by atoms with Crippen LogP contribution in [0.25, 0.3) is 21.3 Å². The monoisotopic (exact) mass is 403 g/mol. The zero-order valence-electron chi connectivity index (χ0n) is 16.5. The summed E-state index contributed by atoms with van der Waals surface area (Å²) in [5.74, 6) is -0.262. The van der Waals surface area contributed by atoms with Crippen LogP contribution in [0.15, 0.2) is 65.0 Å². The van der Waals surface area contributed by atoms with Crippen LogP contribution in [0.3, 0.4) is 0 Å². The number of aromatic nitrogens is 2. The second-order valence-corrected chi connectivity index (χ2v) is 7.97. The summed E-state index contributed by atoms with van der Waals surface area (Å²) in [6.07, 6.45) is 1.46. The number of nitrogens with one attached hydrogen (secondary N) is 1. The number of carbonyl (C=O) groups excluding carboxylic acids is 1. The number of amides is 1. The Morgan fingerprint density at radius 2 is 1.86 bits per heavy atom. The molecular formula is C23H21N3O2S. The van der Waals surface area contributed by atoms with Gasteiger partial charge in [0.1, 0.15) is 10.9 Å². The molecule has 0 unspecified atom stereocenters. The number of hydrogen-bond donors (Lipinski definition) is 1. The lowest BCUT2D eigenvalue weighted by Crippen LogP contribution is -2.31. The number of hydrogen-bond acceptors (Lipinski definition) is 4. The Morgan fingerprint density at radius 1 is 1.10 bits per heavy atom. The van der Waals surface area contributed by atoms with Crippen LogP contribution in [0, 0.1) is 13.8 Å². The molecule has 1 N–H and O–H groups in total. The zero-order valence-corrected chi connectivity index (χ0v) is 17.3. The molecule has 1 atom stereocenters. The maximum Gasteiger partial charge on any atom is 0.263 e. The van der Waals surface area contributed by atoms with E-state index in [0.717, 1.165) is 11.1 Å². The molecule has 5 nitrogen and oxygen atoms in total. The fourth-order valence-electron chi connectivity index (χ4n) is 3.24. The molecule has 1 amide bonds. The van der Waals surface area contributed by atoms with Crippen molar-refractivity contribution in [2.24, 2.45) is 0 Å². The van der Waals surface area contributed by atoms with Crippen LogP contribution in [0.4, 0.5) is 5.69 Å². The molecule has 0 spiro atoms. The van der Waals surface area contributed by atoms with Gasteiger partial charge in [-0.2, -0.15) is 0 Å². The molecule has 0 aliphatic rings. The Hall–Kier alpha value is -3.25. The predicted octanol–water partition coefficient (Wildman–Crippen LogP) is 4.94. The van der Waals surface area contributed by atoms with Crippen molar-refractivity contribution in [3.63, 3.8) is 0 Å². The highest BCUT2D eigenvalue weighted by Crippen LogP contribution is 2.32. The topological polar surface area (TPSA) is 64.0 Å². The average Bonchev–Trinajstić information content (AvgIpc) is 3.16. The molecule has 0 fully saturated rings. The molecule has 0 saturated heterocycles. The van der Waals surface area contributed by atoms with Crippen LogP contribution in [0.5, 0.6) is 0 Å². The molecule has 29 heavy (non-hydrogen) atoms. The van der Waals surface area contributed by atoms with Crippen molar-refractivity contribution in [1.82, 2.24) is 9.55 Å². The number of carbonyl (C=O) groups is 1. The van der Waals surface area contributed by atoms with E-state index in [2.05, 4.69) is 36.3 Å². The van der Waals surface area contributed by atoms with Gasteiger partial charge in [-0.15, -0.1) is 11.3 Å². The summed E-state index contributed by atoms with van der Waals surface area (Å²) in [7, 11) is 0. The van der Waals surface area contributed by atoms with Crippen LogP contribution in [-0.2, 0) is 4.79 Å². The Morgan fingerprint density at radius 3 is 2.59 bits per heavy atom. The fourth-order valence-corrected chi connectivity index (χ4v) is 4.14. The third-order valence-corrected chi connectivity index (χ3v) is 6.06. The maximum atomic E-state index is 13.3. The van der Waals surface area contributed by atoms with Crippen molar-refractivity contribution in [3.8, 4) is 11.1 Å². The van der Waals surface area contributed by atoms with Gasteiger partial charge in [0.2, 0.25) is 5.91 Å². The van der Waals surface area contributed by atoms with E-state index in [-0.39, 0.29) is 11.5 Å². The zero-order chi connectivity index (χ0) is 20.5. The number of rotatable bonds is 4. The highest BCUT2D eigenvalue weighted by atomic mass is 32.1. The third-order valence-electron chi connectivity index (χ3n) is 5.18. The minimum atomic E-state index is -0.688. The van der Waals surface area contributed by atoms with Gasteiger partial charge >= 0.3 is 0 Å². The van der Waals surface area contributed by atoms with Crippen molar-refractivity contribution in [2.75, 3.05) is 5.32 Å². The smallest absolute Gasteiger partial charge is 0.263 e. The number of anilines is 1. The van der Waals surface area contributed by atoms with Gasteiger partial charge in [0, 0.05) is 16.6 Å². The Kier molecular flexibility index (Phi) is 5.03. The Balaban J connectivity index is 1.74. The van der Waals surface area contributed by atoms with Crippen LogP contribution in [0.1, 0.15) is 24.1 Å². The number of fused-ring (bicyclic) bond motifs is 1. The van der Waals surface area contributed by atoms with E-state index in [1.54, 1.807) is 6.92 Å². The first kappa shape index (κ1) is 19.1. The van der Waals surface area contributed by atoms with Gasteiger partial charge < -0.3 is 5.32 Å². The molecule has 0 radical (unpaired) electrons. The molecule has 2 heterocycles. The van der Waals surface area contributed by atoms with E-state index in [4.69, 9.17) is 0 Å². The lowest BCUT2D eigenvalue weighted by atomic mass is 10.0. The van der Waals surface area contributed by atoms with E-state index in [0.29, 0.717) is 15.9 Å². The first-order chi connectivity index (χ1) is 14.0. The lowest BCUT2D eigenvalue weighted by Gasteiger charge is -2.15. The van der Waals surface area contributed by atoms with Gasteiger partial charge in [-0.05, 0) is 49.6 Å². The van der Waals surface area contributed by atoms with Gasteiger partial charge in [-0.1, -0.05) is 36.4 Å². The normalized spacial score (nSPS) is 12.1. The maximum absolute atomic E-state index is 13.3. The first-order valence-corrected chi connectivity index (χ1v) is 10.3. The molecule has 146 valence electrons. The molecule has 2 aromatic heterocycles. The van der Waals surface area contributed by atoms with E-state index in [1.807, 2.05) is 41.8 Å². The molecule has 0 aliphatic carbocycles. The minimum Gasteiger partial charge on any atom is -0.324 e. The lowest BCUT2D eigenvalue weighted by molar-refractivity contribution is -0.118. The minimum absolute atomic E-state index is 0.208. The van der Waals surface area contributed by atoms with E-state index >= 15 is 0 Å². The largest absolute Gasteiger partial charge is 0.324 e. The van der Waals surface area contributed by atoms with Crippen molar-refractivity contribution >= 4 is 33.1 Å². The van der Waals surface area contributed by atoms with Gasteiger partial charge in [0.25, 0.3) is 5.56 Å². The first-order valence-electron chi connectivity index (χ1n) is 9.37. The average molecular weight is 404 g/mol. The molecule has 0 aliphatic heterocycles. The summed E-state index contributed by atoms with van der Waals surface area (Å²) >= 11 is 1.44. The van der Waals surface area contributed by atoms with Crippen molar-refractivity contribution < 1.29 is 4.79 Å². The molecule has 0 bridgehead atoms. The predicted molar refractivity (Wildman–Crippen MR) is 119 cm³/mol. The highest BCUT2D eigenvalue weighted by Gasteiger charge is 2.20. The third kappa shape index (κ3) is 3.59.